The number of nitrogens with one attached hydrogen (secondary N) is 1. The number of hydrogen-bond acceptors (Lipinski definition) is 4. The van der Waals surface area contributed by atoms with Crippen LogP contribution >= 0.6 is 0 Å². The summed E-state index contributed by atoms with van der Waals surface area (Å²) in [4.78, 5) is 25.6. The van der Waals surface area contributed by atoms with Gasteiger partial charge in [-0.1, -0.05) is 75.4 Å². The Morgan fingerprint density at radius 1 is 0.848 bits per heavy atom. The molecule has 0 saturated heterocycles. The zero-order valence-electron chi connectivity index (χ0n) is 19.2. The van der Waals surface area contributed by atoms with Gasteiger partial charge in [-0.15, -0.1) is 0 Å². The van der Waals surface area contributed by atoms with E-state index in [2.05, 4.69) is 26.1 Å². The minimum Gasteiger partial charge on any atom is -0.324 e. The summed E-state index contributed by atoms with van der Waals surface area (Å²) >= 11 is 0. The van der Waals surface area contributed by atoms with Crippen LogP contribution in [0.3, 0.4) is 0 Å². The summed E-state index contributed by atoms with van der Waals surface area (Å²) in [6, 6.07) is 22.5. The highest BCUT2D eigenvalue weighted by Crippen LogP contribution is 2.23. The van der Waals surface area contributed by atoms with Gasteiger partial charge in [0.2, 0.25) is 15.9 Å². The molecule has 3 aromatic rings. The van der Waals surface area contributed by atoms with Crippen molar-refractivity contribution in [2.75, 3.05) is 22.4 Å². The van der Waals surface area contributed by atoms with Crippen LogP contribution in [0.15, 0.2) is 78.9 Å². The molecule has 7 heteroatoms. The van der Waals surface area contributed by atoms with E-state index in [0.717, 1.165) is 16.1 Å². The van der Waals surface area contributed by atoms with Crippen molar-refractivity contribution < 1.29 is 18.0 Å². The number of rotatable bonds is 7. The van der Waals surface area contributed by atoms with Crippen LogP contribution in [-0.2, 0) is 20.2 Å². The summed E-state index contributed by atoms with van der Waals surface area (Å²) in [7, 11) is -3.66. The van der Waals surface area contributed by atoms with Crippen LogP contribution in [-0.4, -0.2) is 32.9 Å². The Morgan fingerprint density at radius 2 is 1.48 bits per heavy atom. The maximum absolute atomic E-state index is 12.9. The van der Waals surface area contributed by atoms with Crippen molar-refractivity contribution in [1.82, 2.24) is 0 Å². The molecule has 172 valence electrons. The Morgan fingerprint density at radius 3 is 2.06 bits per heavy atom. The Hall–Kier alpha value is -3.45. The van der Waals surface area contributed by atoms with Crippen LogP contribution in [0.1, 0.15) is 42.3 Å². The van der Waals surface area contributed by atoms with E-state index in [1.54, 1.807) is 66.7 Å². The smallest absolute Gasteiger partial charge is 0.245 e. The molecule has 3 rings (SSSR count). The first kappa shape index (κ1) is 24.2. The number of para-hydroxylation sites is 1. The van der Waals surface area contributed by atoms with Crippen molar-refractivity contribution in [2.24, 2.45) is 0 Å². The van der Waals surface area contributed by atoms with E-state index in [1.165, 1.54) is 0 Å². The number of sulfonamides is 1. The molecule has 0 bridgehead atoms. The zero-order chi connectivity index (χ0) is 24.2. The van der Waals surface area contributed by atoms with Crippen molar-refractivity contribution in [3.8, 4) is 0 Å². The van der Waals surface area contributed by atoms with Crippen molar-refractivity contribution in [3.63, 3.8) is 0 Å². The molecule has 0 atom stereocenters. The minimum absolute atomic E-state index is 0.00855. The van der Waals surface area contributed by atoms with E-state index in [4.69, 9.17) is 0 Å². The van der Waals surface area contributed by atoms with Gasteiger partial charge in [0, 0.05) is 16.8 Å². The standard InChI is InChI=1S/C26H28N2O4S/c1-26(2,3)21-15-13-19(14-16-21)25(30)20-9-8-10-22(17-20)27-24(29)18-28(33(4,31)32)23-11-6-5-7-12-23/h5-17H,18H2,1-4H3,(H,27,29). The largest absolute Gasteiger partial charge is 0.324 e. The van der Waals surface area contributed by atoms with Gasteiger partial charge in [0.1, 0.15) is 6.54 Å². The van der Waals surface area contributed by atoms with E-state index in [0.29, 0.717) is 22.5 Å². The molecule has 0 aliphatic rings. The second-order valence-corrected chi connectivity index (χ2v) is 10.8. The first-order valence-electron chi connectivity index (χ1n) is 10.5. The highest BCUT2D eigenvalue weighted by molar-refractivity contribution is 7.92. The summed E-state index contributed by atoms with van der Waals surface area (Å²) in [6.45, 7) is 5.95. The van der Waals surface area contributed by atoms with E-state index in [-0.39, 0.29) is 17.7 Å². The summed E-state index contributed by atoms with van der Waals surface area (Å²) in [5, 5.41) is 2.69. The third-order valence-corrected chi connectivity index (χ3v) is 6.29. The van der Waals surface area contributed by atoms with E-state index in [9.17, 15) is 18.0 Å². The predicted molar refractivity (Wildman–Crippen MR) is 132 cm³/mol. The van der Waals surface area contributed by atoms with Crippen LogP contribution in [0.4, 0.5) is 11.4 Å². The van der Waals surface area contributed by atoms with Crippen LogP contribution in [0.2, 0.25) is 0 Å². The van der Waals surface area contributed by atoms with Gasteiger partial charge in [-0.05, 0) is 35.2 Å². The van der Waals surface area contributed by atoms with Gasteiger partial charge in [0.25, 0.3) is 0 Å². The lowest BCUT2D eigenvalue weighted by atomic mass is 9.86. The average molecular weight is 465 g/mol. The Balaban J connectivity index is 1.75. The van der Waals surface area contributed by atoms with Gasteiger partial charge in [-0.2, -0.15) is 0 Å². The van der Waals surface area contributed by atoms with E-state index in [1.807, 2.05) is 12.1 Å². The molecular formula is C26H28N2O4S. The van der Waals surface area contributed by atoms with Gasteiger partial charge in [-0.3, -0.25) is 13.9 Å². The number of ketones is 1. The third-order valence-electron chi connectivity index (χ3n) is 5.15. The Kier molecular flexibility index (Phi) is 7.03. The Labute approximate surface area is 195 Å². The summed E-state index contributed by atoms with van der Waals surface area (Å²) < 4.78 is 25.5. The third kappa shape index (κ3) is 6.29. The minimum atomic E-state index is -3.66. The number of carbonyl (C=O) groups excluding carboxylic acids is 2. The zero-order valence-corrected chi connectivity index (χ0v) is 20.0. The maximum atomic E-state index is 12.9. The highest BCUT2D eigenvalue weighted by atomic mass is 32.2. The fraction of sp³-hybridized carbons (Fsp3) is 0.231. The molecule has 0 radical (unpaired) electrons. The first-order chi connectivity index (χ1) is 15.4. The maximum Gasteiger partial charge on any atom is 0.245 e. The number of amides is 1. The fourth-order valence-electron chi connectivity index (χ4n) is 3.35. The number of hydrogen-bond donors (Lipinski definition) is 1. The predicted octanol–water partition coefficient (Wildman–Crippen LogP) is 4.62. The van der Waals surface area contributed by atoms with Crippen molar-refractivity contribution in [1.29, 1.82) is 0 Å². The monoisotopic (exact) mass is 464 g/mol. The lowest BCUT2D eigenvalue weighted by Crippen LogP contribution is -2.37. The van der Waals surface area contributed by atoms with Gasteiger partial charge in [-0.25, -0.2) is 8.42 Å². The molecule has 0 aliphatic heterocycles. The lowest BCUT2D eigenvalue weighted by molar-refractivity contribution is -0.114. The molecule has 33 heavy (non-hydrogen) atoms. The molecule has 1 amide bonds. The lowest BCUT2D eigenvalue weighted by Gasteiger charge is -2.21. The fourth-order valence-corrected chi connectivity index (χ4v) is 4.21. The number of benzene rings is 3. The SMILES string of the molecule is CC(C)(C)c1ccc(C(=O)c2cccc(NC(=O)CN(c3ccccc3)S(C)(=O)=O)c2)cc1. The average Bonchev–Trinajstić information content (AvgIpc) is 2.76. The van der Waals surface area contributed by atoms with Gasteiger partial charge < -0.3 is 5.32 Å². The molecule has 0 aliphatic carbocycles. The second-order valence-electron chi connectivity index (χ2n) is 8.89. The molecular weight excluding hydrogens is 436 g/mol. The molecule has 6 nitrogen and oxygen atoms in total. The molecule has 0 saturated carbocycles. The number of nitrogens with zero attached hydrogens (tertiary/aromatic N) is 1. The van der Waals surface area contributed by atoms with Crippen LogP contribution in [0.25, 0.3) is 0 Å². The number of carbonyl (C=O) groups is 2. The molecule has 0 fully saturated rings. The van der Waals surface area contributed by atoms with Crippen LogP contribution in [0, 0.1) is 0 Å². The van der Waals surface area contributed by atoms with Gasteiger partial charge in [0.05, 0.1) is 11.9 Å². The number of anilines is 2. The summed E-state index contributed by atoms with van der Waals surface area (Å²) in [6.07, 6.45) is 1.05. The van der Waals surface area contributed by atoms with Gasteiger partial charge in [0.15, 0.2) is 5.78 Å². The molecule has 0 aromatic heterocycles. The van der Waals surface area contributed by atoms with Crippen LogP contribution in [0.5, 0.6) is 0 Å². The van der Waals surface area contributed by atoms with Crippen molar-refractivity contribution in [3.05, 3.63) is 95.6 Å². The topological polar surface area (TPSA) is 83.6 Å². The molecule has 0 spiro atoms. The molecule has 0 unspecified atom stereocenters. The first-order valence-corrected chi connectivity index (χ1v) is 12.4. The van der Waals surface area contributed by atoms with E-state index < -0.39 is 15.9 Å². The molecule has 0 heterocycles. The normalized spacial score (nSPS) is 11.6. The van der Waals surface area contributed by atoms with Crippen molar-refractivity contribution in [2.45, 2.75) is 26.2 Å². The van der Waals surface area contributed by atoms with Crippen LogP contribution < -0.4 is 9.62 Å². The summed E-state index contributed by atoms with van der Waals surface area (Å²) in [5.41, 5.74) is 2.93. The van der Waals surface area contributed by atoms with Crippen molar-refractivity contribution >= 4 is 33.1 Å². The van der Waals surface area contributed by atoms with Gasteiger partial charge >= 0.3 is 0 Å². The highest BCUT2D eigenvalue weighted by Gasteiger charge is 2.21. The van der Waals surface area contributed by atoms with E-state index >= 15 is 0 Å². The summed E-state index contributed by atoms with van der Waals surface area (Å²) in [5.74, 6) is -0.669. The quantitative estimate of drug-likeness (QED) is 0.517. The molecule has 1 N–H and O–H groups in total. The molecule has 3 aromatic carbocycles. The Bertz CT molecular complexity index is 1250. The second kappa shape index (κ2) is 9.58.